The number of hydrogen-bond donors (Lipinski definition) is 0. The zero-order valence-electron chi connectivity index (χ0n) is 13.4. The van der Waals surface area contributed by atoms with E-state index in [1.165, 1.54) is 12.1 Å². The van der Waals surface area contributed by atoms with Crippen LogP contribution < -0.4 is 0 Å². The quantitative estimate of drug-likeness (QED) is 0.412. The van der Waals surface area contributed by atoms with Crippen LogP contribution in [0.25, 0.3) is 4.48 Å². The second-order valence-electron chi connectivity index (χ2n) is 6.18. The van der Waals surface area contributed by atoms with Gasteiger partial charge in [-0.2, -0.15) is 13.2 Å². The Morgan fingerprint density at radius 1 is 1.00 bits per heavy atom. The molecule has 1 aliphatic rings. The molecule has 1 aromatic carbocycles. The van der Waals surface area contributed by atoms with E-state index in [9.17, 15) is 13.2 Å². The Hall–Kier alpha value is -0.290. The molecule has 0 fully saturated rings. The molecule has 0 aromatic heterocycles. The van der Waals surface area contributed by atoms with Crippen molar-refractivity contribution in [2.45, 2.75) is 64.0 Å². The first-order valence-electron chi connectivity index (χ1n) is 8.05. The lowest BCUT2D eigenvalue weighted by atomic mass is 9.74. The molecule has 0 saturated carbocycles. The smallest absolute Gasteiger partial charge is 0.166 e. The van der Waals surface area contributed by atoms with Crippen LogP contribution in [0.5, 0.6) is 0 Å². The summed E-state index contributed by atoms with van der Waals surface area (Å²) in [4.78, 5) is 0. The van der Waals surface area contributed by atoms with Gasteiger partial charge in [-0.3, -0.25) is 0 Å². The predicted octanol–water partition coefficient (Wildman–Crippen LogP) is 7.80. The van der Waals surface area contributed by atoms with E-state index in [0.29, 0.717) is 0 Å². The molecule has 0 spiro atoms. The monoisotopic (exact) mass is 452 g/mol. The van der Waals surface area contributed by atoms with Gasteiger partial charge in [0.25, 0.3) is 0 Å². The van der Waals surface area contributed by atoms with Gasteiger partial charge in [0.1, 0.15) is 0 Å². The van der Waals surface area contributed by atoms with Crippen molar-refractivity contribution in [3.8, 4) is 0 Å². The van der Waals surface area contributed by atoms with Gasteiger partial charge >= 0.3 is 6.18 Å². The van der Waals surface area contributed by atoms with Crippen LogP contribution in [-0.2, 0) is 11.6 Å². The predicted molar refractivity (Wildman–Crippen MR) is 96.9 cm³/mol. The number of unbranched alkanes of at least 4 members (excludes halogenated alkanes) is 2. The number of halogens is 5. The summed E-state index contributed by atoms with van der Waals surface area (Å²) in [5, 5.41) is 0. The average molecular weight is 454 g/mol. The zero-order chi connectivity index (χ0) is 17.3. The highest BCUT2D eigenvalue weighted by atomic mass is 79.9. The first-order chi connectivity index (χ1) is 10.8. The molecule has 0 bridgehead atoms. The van der Waals surface area contributed by atoms with Crippen LogP contribution >= 0.6 is 31.9 Å². The van der Waals surface area contributed by atoms with E-state index in [-0.39, 0.29) is 5.41 Å². The molecule has 2 rings (SSSR count). The van der Waals surface area contributed by atoms with Crippen LogP contribution in [0.1, 0.15) is 69.1 Å². The third kappa shape index (κ3) is 3.55. The summed E-state index contributed by atoms with van der Waals surface area (Å²) in [5.74, 6) is 0. The third-order valence-electron chi connectivity index (χ3n) is 4.63. The van der Waals surface area contributed by atoms with Crippen molar-refractivity contribution in [2.75, 3.05) is 0 Å². The van der Waals surface area contributed by atoms with Crippen molar-refractivity contribution in [1.82, 2.24) is 0 Å². The van der Waals surface area contributed by atoms with Crippen molar-refractivity contribution in [3.05, 3.63) is 39.4 Å². The Bertz CT molecular complexity index is 595. The Balaban J connectivity index is 2.58. The van der Waals surface area contributed by atoms with Gasteiger partial charge in [0.15, 0.2) is 0 Å². The molecule has 1 aromatic rings. The van der Waals surface area contributed by atoms with Crippen LogP contribution in [0, 0.1) is 0 Å². The first-order valence-corrected chi connectivity index (χ1v) is 9.64. The fraction of sp³-hybridized carbons (Fsp3) is 0.556. The van der Waals surface area contributed by atoms with E-state index < -0.39 is 11.7 Å². The summed E-state index contributed by atoms with van der Waals surface area (Å²) in [7, 11) is 0. The molecule has 128 valence electrons. The second-order valence-corrected chi connectivity index (χ2v) is 7.76. The maximum atomic E-state index is 13.2. The van der Waals surface area contributed by atoms with Crippen molar-refractivity contribution in [1.29, 1.82) is 0 Å². The van der Waals surface area contributed by atoms with Crippen LogP contribution in [-0.4, -0.2) is 0 Å². The maximum absolute atomic E-state index is 13.2. The SMILES string of the molecule is CCCCC1(CCCC)C(Br)=C(Br)c2ccc(C(F)(F)F)cc21. The molecule has 0 heterocycles. The number of alkyl halides is 3. The van der Waals surface area contributed by atoms with Crippen LogP contribution in [0.15, 0.2) is 22.7 Å². The summed E-state index contributed by atoms with van der Waals surface area (Å²) >= 11 is 7.28. The Labute approximate surface area is 152 Å². The third-order valence-corrected chi connectivity index (χ3v) is 7.14. The summed E-state index contributed by atoms with van der Waals surface area (Å²) in [6, 6.07) is 4.13. The van der Waals surface area contributed by atoms with Gasteiger partial charge in [-0.05, 0) is 52.0 Å². The Morgan fingerprint density at radius 3 is 2.04 bits per heavy atom. The summed E-state index contributed by atoms with van der Waals surface area (Å²) in [6.45, 7) is 4.23. The minimum atomic E-state index is -4.31. The van der Waals surface area contributed by atoms with Crippen LogP contribution in [0.3, 0.4) is 0 Å². The maximum Gasteiger partial charge on any atom is 0.416 e. The number of allylic oxidation sites excluding steroid dienone is 1. The van der Waals surface area contributed by atoms with Gasteiger partial charge in [-0.1, -0.05) is 61.5 Å². The molecule has 0 nitrogen and oxygen atoms in total. The summed E-state index contributed by atoms with van der Waals surface area (Å²) in [6.07, 6.45) is 1.47. The normalized spacial score (nSPS) is 16.8. The van der Waals surface area contributed by atoms with Crippen LogP contribution in [0.4, 0.5) is 13.2 Å². The highest BCUT2D eigenvalue weighted by Gasteiger charge is 2.44. The van der Waals surface area contributed by atoms with Gasteiger partial charge in [-0.25, -0.2) is 0 Å². The fourth-order valence-electron chi connectivity index (χ4n) is 3.33. The van der Waals surface area contributed by atoms with Crippen molar-refractivity contribution in [2.24, 2.45) is 0 Å². The van der Waals surface area contributed by atoms with Gasteiger partial charge in [0.05, 0.1) is 5.56 Å². The lowest BCUT2D eigenvalue weighted by Gasteiger charge is -2.32. The van der Waals surface area contributed by atoms with E-state index >= 15 is 0 Å². The van der Waals surface area contributed by atoms with E-state index in [0.717, 1.165) is 58.6 Å². The fourth-order valence-corrected chi connectivity index (χ4v) is 4.87. The molecule has 0 aliphatic heterocycles. The average Bonchev–Trinajstić information content (AvgIpc) is 2.72. The van der Waals surface area contributed by atoms with E-state index in [1.54, 1.807) is 6.07 Å². The number of rotatable bonds is 6. The zero-order valence-corrected chi connectivity index (χ0v) is 16.5. The Morgan fingerprint density at radius 2 is 1.57 bits per heavy atom. The van der Waals surface area contributed by atoms with Crippen molar-refractivity contribution in [3.63, 3.8) is 0 Å². The molecule has 0 radical (unpaired) electrons. The summed E-state index contributed by atoms with van der Waals surface area (Å²) < 4.78 is 41.4. The molecule has 0 atom stereocenters. The molecule has 0 N–H and O–H groups in total. The minimum Gasteiger partial charge on any atom is -0.166 e. The molecule has 0 unspecified atom stereocenters. The molecule has 23 heavy (non-hydrogen) atoms. The van der Waals surface area contributed by atoms with E-state index in [1.807, 2.05) is 0 Å². The highest BCUT2D eigenvalue weighted by Crippen LogP contribution is 2.57. The number of hydrogen-bond acceptors (Lipinski definition) is 0. The van der Waals surface area contributed by atoms with Gasteiger partial charge in [-0.15, -0.1) is 0 Å². The molecule has 1 aliphatic carbocycles. The topological polar surface area (TPSA) is 0 Å². The molecular weight excluding hydrogens is 433 g/mol. The lowest BCUT2D eigenvalue weighted by Crippen LogP contribution is -2.25. The number of benzene rings is 1. The van der Waals surface area contributed by atoms with Crippen LogP contribution in [0.2, 0.25) is 0 Å². The lowest BCUT2D eigenvalue weighted by molar-refractivity contribution is -0.137. The first kappa shape index (κ1) is 19.0. The van der Waals surface area contributed by atoms with Gasteiger partial charge in [0.2, 0.25) is 0 Å². The molecule has 5 heteroatoms. The van der Waals surface area contributed by atoms with Crippen molar-refractivity contribution < 1.29 is 13.2 Å². The molecule has 0 amide bonds. The standard InChI is InChI=1S/C18H21Br2F3/c1-3-5-9-17(10-6-4-2)14-11-12(18(21,22)23)7-8-13(14)15(19)16(17)20/h7-8,11H,3-6,9-10H2,1-2H3. The molecular formula is C18H21Br2F3. The van der Waals surface area contributed by atoms with E-state index in [2.05, 4.69) is 45.7 Å². The second kappa shape index (κ2) is 7.30. The van der Waals surface area contributed by atoms with Gasteiger partial charge < -0.3 is 0 Å². The number of fused-ring (bicyclic) bond motifs is 1. The summed E-state index contributed by atoms with van der Waals surface area (Å²) in [5.41, 5.74) is 0.808. The van der Waals surface area contributed by atoms with E-state index in [4.69, 9.17) is 0 Å². The Kier molecular flexibility index (Phi) is 6.04. The van der Waals surface area contributed by atoms with Crippen molar-refractivity contribution >= 4 is 36.3 Å². The largest absolute Gasteiger partial charge is 0.416 e. The minimum absolute atomic E-state index is 0.332. The van der Waals surface area contributed by atoms with Gasteiger partial charge in [0, 0.05) is 14.4 Å². The highest BCUT2D eigenvalue weighted by molar-refractivity contribution is 9.16. The molecule has 0 saturated heterocycles.